The smallest absolute Gasteiger partial charge is 0.136 e. The lowest BCUT2D eigenvalue weighted by Crippen LogP contribution is -2.04. The van der Waals surface area contributed by atoms with Crippen molar-refractivity contribution >= 4 is 16.5 Å². The fourth-order valence-electron chi connectivity index (χ4n) is 2.44. The third-order valence-corrected chi connectivity index (χ3v) is 3.66. The minimum Gasteiger partial charge on any atom is -0.492 e. The molecule has 0 spiro atoms. The quantitative estimate of drug-likeness (QED) is 0.337. The highest BCUT2D eigenvalue weighted by Crippen LogP contribution is 2.30. The predicted molar refractivity (Wildman–Crippen MR) is 87.6 cm³/mol. The Morgan fingerprint density at radius 1 is 1.10 bits per heavy atom. The predicted octanol–water partition coefficient (Wildman–Crippen LogP) is 5.00. The Bertz CT molecular complexity index is 620. The number of benzene rings is 2. The molecule has 0 aliphatic rings. The molecule has 0 unspecified atom stereocenters. The first-order valence-corrected chi connectivity index (χ1v) is 7.61. The molecular formula is C18H23NO2. The van der Waals surface area contributed by atoms with Gasteiger partial charge >= 0.3 is 0 Å². The molecule has 3 heteroatoms. The molecule has 112 valence electrons. The van der Waals surface area contributed by atoms with Crippen LogP contribution in [-0.4, -0.2) is 17.5 Å². The van der Waals surface area contributed by atoms with Crippen molar-refractivity contribution in [2.24, 2.45) is 5.16 Å². The van der Waals surface area contributed by atoms with E-state index in [2.05, 4.69) is 18.1 Å². The molecule has 0 fully saturated rings. The SMILES string of the molecule is CCCCCCOc1c(/C(C)=N/O)ccc2ccccc12. The van der Waals surface area contributed by atoms with Crippen LogP contribution in [0.25, 0.3) is 10.8 Å². The summed E-state index contributed by atoms with van der Waals surface area (Å²) in [4.78, 5) is 0. The van der Waals surface area contributed by atoms with E-state index >= 15 is 0 Å². The van der Waals surface area contributed by atoms with E-state index < -0.39 is 0 Å². The maximum atomic E-state index is 9.06. The van der Waals surface area contributed by atoms with Gasteiger partial charge in [0.05, 0.1) is 12.3 Å². The third-order valence-electron chi connectivity index (χ3n) is 3.66. The fourth-order valence-corrected chi connectivity index (χ4v) is 2.44. The van der Waals surface area contributed by atoms with Crippen molar-refractivity contribution in [1.82, 2.24) is 0 Å². The molecule has 2 aromatic carbocycles. The van der Waals surface area contributed by atoms with Crippen LogP contribution in [0.5, 0.6) is 5.75 Å². The van der Waals surface area contributed by atoms with Crippen molar-refractivity contribution in [1.29, 1.82) is 0 Å². The van der Waals surface area contributed by atoms with Crippen LogP contribution >= 0.6 is 0 Å². The molecule has 2 aromatic rings. The monoisotopic (exact) mass is 285 g/mol. The van der Waals surface area contributed by atoms with Gasteiger partial charge in [-0.2, -0.15) is 0 Å². The third kappa shape index (κ3) is 3.75. The van der Waals surface area contributed by atoms with Crippen molar-refractivity contribution in [3.63, 3.8) is 0 Å². The summed E-state index contributed by atoms with van der Waals surface area (Å²) in [5, 5.41) is 14.6. The minimum absolute atomic E-state index is 0.573. The van der Waals surface area contributed by atoms with Crippen LogP contribution in [0.15, 0.2) is 41.6 Å². The summed E-state index contributed by atoms with van der Waals surface area (Å²) < 4.78 is 6.03. The lowest BCUT2D eigenvalue weighted by molar-refractivity contribution is 0.305. The van der Waals surface area contributed by atoms with Gasteiger partial charge < -0.3 is 9.94 Å². The second-order valence-corrected chi connectivity index (χ2v) is 5.26. The highest BCUT2D eigenvalue weighted by molar-refractivity contribution is 6.06. The van der Waals surface area contributed by atoms with Crippen LogP contribution in [0.4, 0.5) is 0 Å². The normalized spacial score (nSPS) is 11.8. The van der Waals surface area contributed by atoms with Gasteiger partial charge in [-0.05, 0) is 24.8 Å². The van der Waals surface area contributed by atoms with E-state index in [9.17, 15) is 0 Å². The van der Waals surface area contributed by atoms with Crippen molar-refractivity contribution in [3.8, 4) is 5.75 Å². The molecule has 0 bridgehead atoms. The molecule has 0 aliphatic heterocycles. The second kappa shape index (κ2) is 7.67. The van der Waals surface area contributed by atoms with E-state index in [1.807, 2.05) is 30.3 Å². The first kappa shape index (κ1) is 15.4. The maximum absolute atomic E-state index is 9.06. The summed E-state index contributed by atoms with van der Waals surface area (Å²) in [7, 11) is 0. The van der Waals surface area contributed by atoms with Gasteiger partial charge in [-0.25, -0.2) is 0 Å². The van der Waals surface area contributed by atoms with Crippen molar-refractivity contribution < 1.29 is 9.94 Å². The number of ether oxygens (including phenoxy) is 1. The Morgan fingerprint density at radius 3 is 2.67 bits per heavy atom. The average molecular weight is 285 g/mol. The van der Waals surface area contributed by atoms with Crippen LogP contribution in [0.1, 0.15) is 45.1 Å². The Kier molecular flexibility index (Phi) is 5.61. The Hall–Kier alpha value is -2.03. The van der Waals surface area contributed by atoms with Crippen LogP contribution in [0, 0.1) is 0 Å². The fraction of sp³-hybridized carbons (Fsp3) is 0.389. The van der Waals surface area contributed by atoms with E-state index in [-0.39, 0.29) is 0 Å². The van der Waals surface area contributed by atoms with E-state index in [1.54, 1.807) is 6.92 Å². The number of hydrogen-bond donors (Lipinski definition) is 1. The molecule has 2 rings (SSSR count). The van der Waals surface area contributed by atoms with Crippen molar-refractivity contribution in [2.45, 2.75) is 39.5 Å². The summed E-state index contributed by atoms with van der Waals surface area (Å²) in [6.07, 6.45) is 4.69. The van der Waals surface area contributed by atoms with Gasteiger partial charge in [0.15, 0.2) is 0 Å². The molecule has 0 saturated heterocycles. The number of rotatable bonds is 7. The van der Waals surface area contributed by atoms with Crippen molar-refractivity contribution in [3.05, 3.63) is 42.0 Å². The Labute approximate surface area is 126 Å². The van der Waals surface area contributed by atoms with Gasteiger partial charge in [-0.15, -0.1) is 0 Å². The Morgan fingerprint density at radius 2 is 1.90 bits per heavy atom. The van der Waals surface area contributed by atoms with E-state index in [0.29, 0.717) is 12.3 Å². The van der Waals surface area contributed by atoms with Gasteiger partial charge in [0.2, 0.25) is 0 Å². The van der Waals surface area contributed by atoms with Gasteiger partial charge in [-0.1, -0.05) is 61.7 Å². The van der Waals surface area contributed by atoms with Gasteiger partial charge in [0, 0.05) is 10.9 Å². The van der Waals surface area contributed by atoms with Crippen LogP contribution in [-0.2, 0) is 0 Å². The first-order chi connectivity index (χ1) is 10.3. The average Bonchev–Trinajstić information content (AvgIpc) is 2.53. The first-order valence-electron chi connectivity index (χ1n) is 7.61. The highest BCUT2D eigenvalue weighted by atomic mass is 16.5. The minimum atomic E-state index is 0.573. The molecule has 0 amide bonds. The lowest BCUT2D eigenvalue weighted by Gasteiger charge is -2.14. The van der Waals surface area contributed by atoms with Gasteiger partial charge in [0.25, 0.3) is 0 Å². The summed E-state index contributed by atoms with van der Waals surface area (Å²) in [6, 6.07) is 12.1. The maximum Gasteiger partial charge on any atom is 0.136 e. The molecular weight excluding hydrogens is 262 g/mol. The van der Waals surface area contributed by atoms with E-state index in [4.69, 9.17) is 9.94 Å². The molecule has 21 heavy (non-hydrogen) atoms. The number of unbranched alkanes of at least 4 members (excludes halogenated alkanes) is 3. The second-order valence-electron chi connectivity index (χ2n) is 5.26. The van der Waals surface area contributed by atoms with Gasteiger partial charge in [0.1, 0.15) is 5.75 Å². The molecule has 0 aliphatic carbocycles. The number of hydrogen-bond acceptors (Lipinski definition) is 3. The van der Waals surface area contributed by atoms with E-state index in [1.165, 1.54) is 19.3 Å². The molecule has 0 saturated carbocycles. The highest BCUT2D eigenvalue weighted by Gasteiger charge is 2.11. The summed E-state index contributed by atoms with van der Waals surface area (Å²) in [6.45, 7) is 4.68. The standard InChI is InChI=1S/C18H23NO2/c1-3-4-5-8-13-21-18-16(14(2)19-20)12-11-15-9-6-7-10-17(15)18/h6-7,9-12,20H,3-5,8,13H2,1-2H3/b19-14+. The molecule has 1 N–H and O–H groups in total. The molecule has 3 nitrogen and oxygen atoms in total. The topological polar surface area (TPSA) is 41.8 Å². The summed E-state index contributed by atoms with van der Waals surface area (Å²) >= 11 is 0. The molecule has 0 aromatic heterocycles. The summed E-state index contributed by atoms with van der Waals surface area (Å²) in [5.74, 6) is 0.819. The molecule has 0 atom stereocenters. The number of nitrogens with zero attached hydrogens (tertiary/aromatic N) is 1. The largest absolute Gasteiger partial charge is 0.492 e. The lowest BCUT2D eigenvalue weighted by atomic mass is 10.0. The number of oxime groups is 1. The Balaban J connectivity index is 2.28. The molecule has 0 radical (unpaired) electrons. The zero-order valence-electron chi connectivity index (χ0n) is 12.8. The van der Waals surface area contributed by atoms with Gasteiger partial charge in [-0.3, -0.25) is 0 Å². The van der Waals surface area contributed by atoms with E-state index in [0.717, 1.165) is 28.5 Å². The molecule has 0 heterocycles. The zero-order chi connectivity index (χ0) is 15.1. The summed E-state index contributed by atoms with van der Waals surface area (Å²) in [5.41, 5.74) is 1.43. The van der Waals surface area contributed by atoms with Crippen LogP contribution < -0.4 is 4.74 Å². The van der Waals surface area contributed by atoms with Crippen LogP contribution in [0.3, 0.4) is 0 Å². The van der Waals surface area contributed by atoms with Crippen molar-refractivity contribution in [2.75, 3.05) is 6.61 Å². The van der Waals surface area contributed by atoms with Crippen LogP contribution in [0.2, 0.25) is 0 Å². The number of fused-ring (bicyclic) bond motifs is 1. The zero-order valence-corrected chi connectivity index (χ0v) is 12.8.